The van der Waals surface area contributed by atoms with Gasteiger partial charge in [-0.1, -0.05) is 127 Å². The standard InChI is InChI=1S/C60H34N8/c61-35-38-13-11-18-43(31-38)44-27-30-55(67-51-22-9-7-19-45(51)48-32-39(36-62)25-28-53(48)67)50(34-44)47-21-12-24-56(68-52-23-10-8-20-46(52)49-33-40(37-63)26-29-54(49)68)57(47)60-65-58(41-14-3-1-4-15-41)64-59(66-60)42-16-5-2-6-17-42/h1-34H. The summed E-state index contributed by atoms with van der Waals surface area (Å²) in [5.41, 5.74) is 13.2. The second kappa shape index (κ2) is 16.2. The number of hydrogen-bond acceptors (Lipinski definition) is 6. The van der Waals surface area contributed by atoms with Crippen LogP contribution in [0, 0.1) is 34.0 Å². The molecule has 0 atom stereocenters. The normalized spacial score (nSPS) is 11.2. The van der Waals surface area contributed by atoms with Crippen molar-refractivity contribution in [2.75, 3.05) is 0 Å². The molecule has 0 unspecified atom stereocenters. The molecule has 3 heterocycles. The van der Waals surface area contributed by atoms with E-state index in [1.165, 1.54) is 0 Å². The van der Waals surface area contributed by atoms with Gasteiger partial charge in [0.25, 0.3) is 0 Å². The molecule has 0 aliphatic heterocycles. The Kier molecular flexibility index (Phi) is 9.47. The lowest BCUT2D eigenvalue weighted by atomic mass is 9.92. The molecule has 9 aromatic carbocycles. The van der Waals surface area contributed by atoms with Gasteiger partial charge in [-0.05, 0) is 95.6 Å². The molecule has 0 radical (unpaired) electrons. The first-order chi connectivity index (χ1) is 33.6. The fourth-order valence-corrected chi connectivity index (χ4v) is 9.60. The van der Waals surface area contributed by atoms with Crippen LogP contribution in [-0.4, -0.2) is 24.1 Å². The van der Waals surface area contributed by atoms with E-state index >= 15 is 0 Å². The Morgan fingerprint density at radius 2 is 0.779 bits per heavy atom. The minimum Gasteiger partial charge on any atom is -0.309 e. The highest BCUT2D eigenvalue weighted by molar-refractivity contribution is 6.12. The SMILES string of the molecule is N#Cc1cccc(-c2ccc(-n3c4ccccc4c4cc(C#N)ccc43)c(-c3cccc(-n4c5ccccc5c5cc(C#N)ccc54)c3-c3nc(-c4ccccc4)nc(-c4ccccc4)n3)c2)c1. The summed E-state index contributed by atoms with van der Waals surface area (Å²) in [6.45, 7) is 0. The van der Waals surface area contributed by atoms with Crippen molar-refractivity contribution in [2.45, 2.75) is 0 Å². The van der Waals surface area contributed by atoms with Crippen LogP contribution in [0.2, 0.25) is 0 Å². The summed E-state index contributed by atoms with van der Waals surface area (Å²) in [6.07, 6.45) is 0. The number of fused-ring (bicyclic) bond motifs is 6. The minimum atomic E-state index is 0.464. The van der Waals surface area contributed by atoms with E-state index in [1.807, 2.05) is 146 Å². The molecule has 0 aliphatic rings. The average molecular weight is 867 g/mol. The van der Waals surface area contributed by atoms with E-state index in [4.69, 9.17) is 15.0 Å². The number of hydrogen-bond donors (Lipinski definition) is 0. The van der Waals surface area contributed by atoms with E-state index in [1.54, 1.807) is 0 Å². The molecule has 8 nitrogen and oxygen atoms in total. The third kappa shape index (κ3) is 6.55. The van der Waals surface area contributed by atoms with E-state index in [0.717, 1.165) is 93.9 Å². The average Bonchev–Trinajstić information content (AvgIpc) is 3.92. The van der Waals surface area contributed by atoms with Crippen LogP contribution in [0.5, 0.6) is 0 Å². The topological polar surface area (TPSA) is 120 Å². The first kappa shape index (κ1) is 39.6. The number of aromatic nitrogens is 5. The van der Waals surface area contributed by atoms with Gasteiger partial charge in [0.15, 0.2) is 17.5 Å². The van der Waals surface area contributed by atoms with Crippen molar-refractivity contribution in [3.63, 3.8) is 0 Å². The molecule has 0 spiro atoms. The Morgan fingerprint density at radius 3 is 1.37 bits per heavy atom. The number of nitrogens with zero attached hydrogens (tertiary/aromatic N) is 8. The number of para-hydroxylation sites is 2. The van der Waals surface area contributed by atoms with Crippen molar-refractivity contribution >= 4 is 43.6 Å². The van der Waals surface area contributed by atoms with Crippen molar-refractivity contribution in [1.82, 2.24) is 24.1 Å². The van der Waals surface area contributed by atoms with Crippen LogP contribution < -0.4 is 0 Å². The van der Waals surface area contributed by atoms with Crippen molar-refractivity contribution < 1.29 is 0 Å². The molecule has 12 aromatic rings. The molecular formula is C60H34N8. The Morgan fingerprint density at radius 1 is 0.309 bits per heavy atom. The fraction of sp³-hybridized carbons (Fsp3) is 0. The van der Waals surface area contributed by atoms with E-state index < -0.39 is 0 Å². The highest BCUT2D eigenvalue weighted by Crippen LogP contribution is 2.45. The van der Waals surface area contributed by atoms with Gasteiger partial charge in [-0.15, -0.1) is 0 Å². The Hall–Kier alpha value is -9.94. The molecule has 0 aliphatic carbocycles. The Labute approximate surface area is 390 Å². The van der Waals surface area contributed by atoms with E-state index in [-0.39, 0.29) is 0 Å². The number of rotatable bonds is 7. The maximum Gasteiger partial charge on any atom is 0.166 e. The van der Waals surface area contributed by atoms with Gasteiger partial charge in [-0.25, -0.2) is 15.0 Å². The first-order valence-corrected chi connectivity index (χ1v) is 22.1. The van der Waals surface area contributed by atoms with Crippen molar-refractivity contribution in [3.05, 3.63) is 223 Å². The highest BCUT2D eigenvalue weighted by Gasteiger charge is 2.26. The maximum atomic E-state index is 10.1. The Balaban J connectivity index is 1.25. The first-order valence-electron chi connectivity index (χ1n) is 22.1. The van der Waals surface area contributed by atoms with Gasteiger partial charge >= 0.3 is 0 Å². The predicted octanol–water partition coefficient (Wildman–Crippen LogP) is 14.0. The van der Waals surface area contributed by atoms with Crippen LogP contribution in [0.15, 0.2) is 206 Å². The summed E-state index contributed by atoms with van der Waals surface area (Å²) < 4.78 is 4.53. The molecule has 0 saturated carbocycles. The lowest BCUT2D eigenvalue weighted by Crippen LogP contribution is -2.06. The van der Waals surface area contributed by atoms with Crippen molar-refractivity contribution in [2.24, 2.45) is 0 Å². The number of benzene rings is 9. The Bertz CT molecular complexity index is 4070. The lowest BCUT2D eigenvalue weighted by Gasteiger charge is -2.21. The van der Waals surface area contributed by atoms with Gasteiger partial charge in [0.2, 0.25) is 0 Å². The van der Waals surface area contributed by atoms with Crippen LogP contribution >= 0.6 is 0 Å². The maximum absolute atomic E-state index is 10.1. The van der Waals surface area contributed by atoms with Crippen LogP contribution in [0.4, 0.5) is 0 Å². The van der Waals surface area contributed by atoms with E-state index in [2.05, 4.69) is 88.0 Å². The van der Waals surface area contributed by atoms with Crippen molar-refractivity contribution in [3.8, 4) is 86.0 Å². The summed E-state index contributed by atoms with van der Waals surface area (Å²) in [6, 6.07) is 75.6. The minimum absolute atomic E-state index is 0.464. The molecule has 8 heteroatoms. The molecule has 3 aromatic heterocycles. The zero-order valence-electron chi connectivity index (χ0n) is 36.2. The summed E-state index contributed by atoms with van der Waals surface area (Å²) in [7, 11) is 0. The lowest BCUT2D eigenvalue weighted by molar-refractivity contribution is 1.06. The second-order valence-corrected chi connectivity index (χ2v) is 16.6. The molecule has 0 saturated heterocycles. The van der Waals surface area contributed by atoms with Gasteiger partial charge in [0.05, 0.1) is 73.9 Å². The number of nitriles is 3. The van der Waals surface area contributed by atoms with Gasteiger partial charge < -0.3 is 9.13 Å². The molecule has 314 valence electrons. The molecule has 0 fully saturated rings. The zero-order chi connectivity index (χ0) is 45.7. The van der Waals surface area contributed by atoms with E-state index in [0.29, 0.717) is 34.2 Å². The largest absolute Gasteiger partial charge is 0.309 e. The molecule has 0 bridgehead atoms. The molecule has 68 heavy (non-hydrogen) atoms. The molecular weight excluding hydrogens is 833 g/mol. The van der Waals surface area contributed by atoms with Gasteiger partial charge in [-0.3, -0.25) is 0 Å². The van der Waals surface area contributed by atoms with Crippen LogP contribution in [0.3, 0.4) is 0 Å². The highest BCUT2D eigenvalue weighted by atomic mass is 15.1. The van der Waals surface area contributed by atoms with Crippen LogP contribution in [0.1, 0.15) is 16.7 Å². The monoisotopic (exact) mass is 866 g/mol. The van der Waals surface area contributed by atoms with Crippen LogP contribution in [-0.2, 0) is 0 Å². The van der Waals surface area contributed by atoms with Gasteiger partial charge in [-0.2, -0.15) is 15.8 Å². The quantitative estimate of drug-likeness (QED) is 0.157. The summed E-state index contributed by atoms with van der Waals surface area (Å²) in [5, 5.41) is 34.1. The third-order valence-electron chi connectivity index (χ3n) is 12.7. The summed E-state index contributed by atoms with van der Waals surface area (Å²) >= 11 is 0. The van der Waals surface area contributed by atoms with Gasteiger partial charge in [0.1, 0.15) is 0 Å². The smallest absolute Gasteiger partial charge is 0.166 e. The second-order valence-electron chi connectivity index (χ2n) is 16.6. The molecule has 0 N–H and O–H groups in total. The van der Waals surface area contributed by atoms with Crippen LogP contribution in [0.25, 0.3) is 111 Å². The van der Waals surface area contributed by atoms with Crippen molar-refractivity contribution in [1.29, 1.82) is 15.8 Å². The zero-order valence-corrected chi connectivity index (χ0v) is 36.2. The fourth-order valence-electron chi connectivity index (χ4n) is 9.60. The summed E-state index contributed by atoms with van der Waals surface area (Å²) in [4.78, 5) is 15.9. The van der Waals surface area contributed by atoms with E-state index in [9.17, 15) is 15.8 Å². The third-order valence-corrected chi connectivity index (χ3v) is 12.7. The molecule has 12 rings (SSSR count). The summed E-state index contributed by atoms with van der Waals surface area (Å²) in [5.74, 6) is 1.51. The predicted molar refractivity (Wildman–Crippen MR) is 270 cm³/mol. The molecule has 0 amide bonds. The van der Waals surface area contributed by atoms with Gasteiger partial charge in [0, 0.05) is 38.2 Å².